The fraction of sp³-hybridized carbons (Fsp3) is 0.0526. The zero-order valence-corrected chi connectivity index (χ0v) is 12.3. The zero-order chi connectivity index (χ0) is 14.4. The molecule has 0 saturated heterocycles. The zero-order valence-electron chi connectivity index (χ0n) is 11.5. The second-order valence-electron chi connectivity index (χ2n) is 4.59. The van der Waals surface area contributed by atoms with E-state index in [1.165, 1.54) is 0 Å². The van der Waals surface area contributed by atoms with Gasteiger partial charge in [-0.05, 0) is 41.3 Å². The maximum Gasteiger partial charge on any atom is 0.0156 e. The third-order valence-corrected chi connectivity index (χ3v) is 3.04. The van der Waals surface area contributed by atoms with Gasteiger partial charge < -0.3 is 0 Å². The fourth-order valence-electron chi connectivity index (χ4n) is 1.98. The summed E-state index contributed by atoms with van der Waals surface area (Å²) in [6, 6.07) is 20.3. The SMILES string of the molecule is C=C(/C=C(\C=C(/C)Cl)c1ccccc1)c1ccccc1. The summed E-state index contributed by atoms with van der Waals surface area (Å²) in [5.74, 6) is 0. The molecule has 0 N–H and O–H groups in total. The van der Waals surface area contributed by atoms with Gasteiger partial charge >= 0.3 is 0 Å². The van der Waals surface area contributed by atoms with Gasteiger partial charge in [0, 0.05) is 5.03 Å². The van der Waals surface area contributed by atoms with Gasteiger partial charge in [0.15, 0.2) is 0 Å². The van der Waals surface area contributed by atoms with Crippen molar-refractivity contribution in [3.63, 3.8) is 0 Å². The van der Waals surface area contributed by atoms with Crippen LogP contribution in [0.4, 0.5) is 0 Å². The summed E-state index contributed by atoms with van der Waals surface area (Å²) in [6.07, 6.45) is 4.03. The van der Waals surface area contributed by atoms with E-state index in [4.69, 9.17) is 11.6 Å². The first-order valence-electron chi connectivity index (χ1n) is 6.52. The third kappa shape index (κ3) is 3.97. The molecule has 1 heteroatoms. The van der Waals surface area contributed by atoms with Crippen LogP contribution in [0.25, 0.3) is 11.1 Å². The number of rotatable bonds is 4. The molecule has 0 atom stereocenters. The molecule has 0 aliphatic rings. The molecule has 100 valence electrons. The summed E-state index contributed by atoms with van der Waals surface area (Å²) in [4.78, 5) is 0. The Morgan fingerprint density at radius 2 is 1.35 bits per heavy atom. The summed E-state index contributed by atoms with van der Waals surface area (Å²) >= 11 is 6.04. The number of allylic oxidation sites excluding steroid dienone is 5. The van der Waals surface area contributed by atoms with Crippen molar-refractivity contribution in [2.75, 3.05) is 0 Å². The van der Waals surface area contributed by atoms with Gasteiger partial charge in [0.2, 0.25) is 0 Å². The molecular formula is C19H17Cl. The summed E-state index contributed by atoms with van der Waals surface area (Å²) in [6.45, 7) is 6.03. The predicted molar refractivity (Wildman–Crippen MR) is 89.5 cm³/mol. The van der Waals surface area contributed by atoms with E-state index in [2.05, 4.69) is 36.9 Å². The van der Waals surface area contributed by atoms with Crippen LogP contribution in [-0.4, -0.2) is 0 Å². The van der Waals surface area contributed by atoms with Gasteiger partial charge in [0.1, 0.15) is 0 Å². The van der Waals surface area contributed by atoms with E-state index in [1.54, 1.807) is 0 Å². The molecule has 2 aromatic rings. The van der Waals surface area contributed by atoms with Crippen molar-refractivity contribution < 1.29 is 0 Å². The molecule has 0 aromatic heterocycles. The maximum atomic E-state index is 6.04. The smallest absolute Gasteiger partial charge is 0.0156 e. The highest BCUT2D eigenvalue weighted by Gasteiger charge is 2.01. The number of hydrogen-bond donors (Lipinski definition) is 0. The van der Waals surface area contributed by atoms with Crippen LogP contribution >= 0.6 is 11.6 Å². The average Bonchev–Trinajstić information content (AvgIpc) is 2.48. The first-order chi connectivity index (χ1) is 9.66. The van der Waals surface area contributed by atoms with Crippen molar-refractivity contribution in [3.8, 4) is 0 Å². The van der Waals surface area contributed by atoms with Crippen LogP contribution in [0.2, 0.25) is 0 Å². The number of benzene rings is 2. The molecule has 0 radical (unpaired) electrons. The van der Waals surface area contributed by atoms with Crippen LogP contribution < -0.4 is 0 Å². The molecule has 0 saturated carbocycles. The molecular weight excluding hydrogens is 264 g/mol. The Kier molecular flexibility index (Phi) is 4.97. The Balaban J connectivity index is 2.40. The van der Waals surface area contributed by atoms with Crippen molar-refractivity contribution in [1.82, 2.24) is 0 Å². The highest BCUT2D eigenvalue weighted by Crippen LogP contribution is 2.24. The fourth-order valence-corrected chi connectivity index (χ4v) is 2.09. The quantitative estimate of drug-likeness (QED) is 0.609. The van der Waals surface area contributed by atoms with Gasteiger partial charge in [-0.15, -0.1) is 0 Å². The van der Waals surface area contributed by atoms with Gasteiger partial charge in [-0.2, -0.15) is 0 Å². The second-order valence-corrected chi connectivity index (χ2v) is 5.18. The standard InChI is InChI=1S/C19H17Cl/c1-15(17-9-5-3-6-10-17)13-19(14-16(2)20)18-11-7-4-8-12-18/h3-14H,1H2,2H3/b16-14+,19-13+. The van der Waals surface area contributed by atoms with E-state index < -0.39 is 0 Å². The van der Waals surface area contributed by atoms with Gasteiger partial charge in [0.25, 0.3) is 0 Å². The van der Waals surface area contributed by atoms with E-state index in [0.717, 1.165) is 27.3 Å². The van der Waals surface area contributed by atoms with E-state index in [-0.39, 0.29) is 0 Å². The van der Waals surface area contributed by atoms with Gasteiger partial charge in [-0.1, -0.05) is 78.8 Å². The molecule has 0 nitrogen and oxygen atoms in total. The summed E-state index contributed by atoms with van der Waals surface area (Å²) in [7, 11) is 0. The molecule has 0 aliphatic carbocycles. The van der Waals surface area contributed by atoms with Crippen LogP contribution in [0.5, 0.6) is 0 Å². The highest BCUT2D eigenvalue weighted by molar-refractivity contribution is 6.30. The molecule has 0 spiro atoms. The number of halogens is 1. The maximum absolute atomic E-state index is 6.04. The lowest BCUT2D eigenvalue weighted by molar-refractivity contribution is 1.58. The molecule has 0 aliphatic heterocycles. The monoisotopic (exact) mass is 280 g/mol. The minimum absolute atomic E-state index is 0.751. The molecule has 0 fully saturated rings. The van der Waals surface area contributed by atoms with Crippen LogP contribution in [0, 0.1) is 0 Å². The van der Waals surface area contributed by atoms with Gasteiger partial charge in [0.05, 0.1) is 0 Å². The summed E-state index contributed by atoms with van der Waals surface area (Å²) < 4.78 is 0. The third-order valence-electron chi connectivity index (χ3n) is 2.94. The molecule has 0 bridgehead atoms. The van der Waals surface area contributed by atoms with Crippen molar-refractivity contribution in [2.24, 2.45) is 0 Å². The lowest BCUT2D eigenvalue weighted by Crippen LogP contribution is -1.84. The highest BCUT2D eigenvalue weighted by atomic mass is 35.5. The van der Waals surface area contributed by atoms with Gasteiger partial charge in [-0.3, -0.25) is 0 Å². The Hall–Kier alpha value is -2.05. The van der Waals surface area contributed by atoms with E-state index in [9.17, 15) is 0 Å². The first-order valence-corrected chi connectivity index (χ1v) is 6.90. The van der Waals surface area contributed by atoms with Crippen LogP contribution in [0.1, 0.15) is 18.1 Å². The Morgan fingerprint density at radius 1 is 0.850 bits per heavy atom. The van der Waals surface area contributed by atoms with Crippen LogP contribution in [-0.2, 0) is 0 Å². The Labute approximate surface area is 125 Å². The molecule has 0 heterocycles. The summed E-state index contributed by atoms with van der Waals surface area (Å²) in [5, 5.41) is 0.751. The normalized spacial score (nSPS) is 12.3. The topological polar surface area (TPSA) is 0 Å². The molecule has 20 heavy (non-hydrogen) atoms. The van der Waals surface area contributed by atoms with Gasteiger partial charge in [-0.25, -0.2) is 0 Å². The lowest BCUT2D eigenvalue weighted by Gasteiger charge is -2.06. The Bertz CT molecular complexity index is 630. The predicted octanol–water partition coefficient (Wildman–Crippen LogP) is 5.93. The van der Waals surface area contributed by atoms with Crippen LogP contribution in [0.3, 0.4) is 0 Å². The van der Waals surface area contributed by atoms with Crippen molar-refractivity contribution in [3.05, 3.63) is 95.6 Å². The Morgan fingerprint density at radius 3 is 1.85 bits per heavy atom. The van der Waals surface area contributed by atoms with E-state index in [1.807, 2.05) is 49.4 Å². The second kappa shape index (κ2) is 6.93. The minimum atomic E-state index is 0.751. The van der Waals surface area contributed by atoms with E-state index in [0.29, 0.717) is 0 Å². The van der Waals surface area contributed by atoms with Crippen molar-refractivity contribution >= 4 is 22.7 Å². The largest absolute Gasteiger partial charge is 0.0911 e. The lowest BCUT2D eigenvalue weighted by atomic mass is 9.99. The molecule has 0 amide bonds. The average molecular weight is 281 g/mol. The van der Waals surface area contributed by atoms with Crippen molar-refractivity contribution in [2.45, 2.75) is 6.92 Å². The van der Waals surface area contributed by atoms with E-state index >= 15 is 0 Å². The first kappa shape index (κ1) is 14.4. The minimum Gasteiger partial charge on any atom is -0.0911 e. The van der Waals surface area contributed by atoms with Crippen molar-refractivity contribution in [1.29, 1.82) is 0 Å². The molecule has 0 unspecified atom stereocenters. The number of hydrogen-bond acceptors (Lipinski definition) is 0. The summed E-state index contributed by atoms with van der Waals surface area (Å²) in [5.41, 5.74) is 4.27. The molecule has 2 rings (SSSR count). The molecule has 2 aromatic carbocycles. The van der Waals surface area contributed by atoms with Crippen LogP contribution in [0.15, 0.2) is 84.4 Å².